The summed E-state index contributed by atoms with van der Waals surface area (Å²) in [7, 11) is 0. The van der Waals surface area contributed by atoms with Gasteiger partial charge in [0.1, 0.15) is 0 Å². The smallest absolute Gasteiger partial charge is 0.0971 e. The highest BCUT2D eigenvalue weighted by Crippen LogP contribution is 2.09. The lowest BCUT2D eigenvalue weighted by molar-refractivity contribution is 0.104. The Hall–Kier alpha value is -1.32. The minimum absolute atomic E-state index is 0.115. The summed E-state index contributed by atoms with van der Waals surface area (Å²) in [5, 5.41) is 17.2. The first-order valence-electron chi connectivity index (χ1n) is 5.35. The molecular weight excluding hydrogens is 188 g/mol. The molecule has 0 aromatic heterocycles. The Morgan fingerprint density at radius 2 is 2.13 bits per heavy atom. The third-order valence-electron chi connectivity index (χ3n) is 2.09. The van der Waals surface area contributed by atoms with Crippen molar-refractivity contribution in [3.05, 3.63) is 11.6 Å². The van der Waals surface area contributed by atoms with Gasteiger partial charge in [0.25, 0.3) is 0 Å². The van der Waals surface area contributed by atoms with Crippen LogP contribution in [-0.4, -0.2) is 12.7 Å². The first kappa shape index (κ1) is 13.7. The van der Waals surface area contributed by atoms with Gasteiger partial charge in [-0.25, -0.2) is 0 Å². The molecule has 0 aliphatic heterocycles. The lowest BCUT2D eigenvalue weighted by atomic mass is 10.1. The molecule has 0 aromatic carbocycles. The molecule has 82 valence electrons. The van der Waals surface area contributed by atoms with Crippen LogP contribution >= 0.6 is 0 Å². The molecule has 1 unspecified atom stereocenters. The van der Waals surface area contributed by atoms with Gasteiger partial charge in [-0.05, 0) is 33.1 Å². The predicted molar refractivity (Wildman–Crippen MR) is 58.9 cm³/mol. The van der Waals surface area contributed by atoms with Crippen LogP contribution in [0.25, 0.3) is 0 Å². The summed E-state index contributed by atoms with van der Waals surface area (Å²) in [5.41, 5.74) is 0.689. The maximum Gasteiger partial charge on any atom is 0.0971 e. The predicted octanol–water partition coefficient (Wildman–Crippen LogP) is 2.95. The summed E-state index contributed by atoms with van der Waals surface area (Å²) in [5.74, 6) is 0. The van der Waals surface area contributed by atoms with Crippen molar-refractivity contribution in [2.45, 2.75) is 45.6 Å². The SMILES string of the molecule is CCOC(C)/C(C#N)=C\CCCCC#N. The third-order valence-corrected chi connectivity index (χ3v) is 2.09. The van der Waals surface area contributed by atoms with E-state index in [9.17, 15) is 0 Å². The monoisotopic (exact) mass is 206 g/mol. The number of hydrogen-bond donors (Lipinski definition) is 0. The Kier molecular flexibility index (Phi) is 8.43. The highest BCUT2D eigenvalue weighted by molar-refractivity contribution is 5.24. The van der Waals surface area contributed by atoms with Crippen molar-refractivity contribution in [1.29, 1.82) is 10.5 Å². The van der Waals surface area contributed by atoms with Crippen LogP contribution in [0.4, 0.5) is 0 Å². The molecule has 0 aromatic rings. The number of hydrogen-bond acceptors (Lipinski definition) is 3. The molecule has 3 nitrogen and oxygen atoms in total. The van der Waals surface area contributed by atoms with Crippen molar-refractivity contribution in [3.8, 4) is 12.1 Å². The van der Waals surface area contributed by atoms with E-state index in [-0.39, 0.29) is 6.10 Å². The molecule has 0 radical (unpaired) electrons. The lowest BCUT2D eigenvalue weighted by Gasteiger charge is -2.09. The zero-order valence-electron chi connectivity index (χ0n) is 9.49. The van der Waals surface area contributed by atoms with Gasteiger partial charge in [0.15, 0.2) is 0 Å². The highest BCUT2D eigenvalue weighted by atomic mass is 16.5. The fraction of sp³-hybridized carbons (Fsp3) is 0.667. The van der Waals surface area contributed by atoms with Gasteiger partial charge in [-0.2, -0.15) is 10.5 Å². The molecule has 15 heavy (non-hydrogen) atoms. The fourth-order valence-electron chi connectivity index (χ4n) is 1.25. The van der Waals surface area contributed by atoms with Crippen LogP contribution in [0.1, 0.15) is 39.5 Å². The maximum absolute atomic E-state index is 8.88. The van der Waals surface area contributed by atoms with Crippen LogP contribution in [0.3, 0.4) is 0 Å². The molecule has 0 bridgehead atoms. The number of rotatable bonds is 7. The van der Waals surface area contributed by atoms with E-state index in [1.54, 1.807) is 0 Å². The number of unbranched alkanes of at least 4 members (excludes halogenated alkanes) is 3. The summed E-state index contributed by atoms with van der Waals surface area (Å²) in [4.78, 5) is 0. The molecule has 0 heterocycles. The molecule has 0 saturated heterocycles. The topological polar surface area (TPSA) is 56.8 Å². The second-order valence-electron chi connectivity index (χ2n) is 3.27. The van der Waals surface area contributed by atoms with Crippen LogP contribution in [0.5, 0.6) is 0 Å². The first-order chi connectivity index (χ1) is 7.26. The zero-order valence-corrected chi connectivity index (χ0v) is 9.49. The molecule has 0 aliphatic rings. The van der Waals surface area contributed by atoms with Gasteiger partial charge in [-0.1, -0.05) is 6.08 Å². The van der Waals surface area contributed by atoms with Crippen LogP contribution in [0.2, 0.25) is 0 Å². The summed E-state index contributed by atoms with van der Waals surface area (Å²) >= 11 is 0. The summed E-state index contributed by atoms with van der Waals surface area (Å²) < 4.78 is 5.33. The van der Waals surface area contributed by atoms with Crippen molar-refractivity contribution < 1.29 is 4.74 Å². The molecule has 3 heteroatoms. The van der Waals surface area contributed by atoms with Gasteiger partial charge >= 0.3 is 0 Å². The molecule has 0 N–H and O–H groups in total. The van der Waals surface area contributed by atoms with Crippen molar-refractivity contribution in [2.75, 3.05) is 6.61 Å². The Morgan fingerprint density at radius 1 is 1.40 bits per heavy atom. The van der Waals surface area contributed by atoms with E-state index < -0.39 is 0 Å². The highest BCUT2D eigenvalue weighted by Gasteiger charge is 2.06. The minimum Gasteiger partial charge on any atom is -0.373 e. The molecular formula is C12H18N2O. The molecule has 1 atom stereocenters. The summed E-state index contributed by atoms with van der Waals surface area (Å²) in [6.07, 6.45) is 5.10. The van der Waals surface area contributed by atoms with E-state index in [4.69, 9.17) is 15.3 Å². The van der Waals surface area contributed by atoms with Gasteiger partial charge in [0, 0.05) is 13.0 Å². The Bertz CT molecular complexity index is 270. The largest absolute Gasteiger partial charge is 0.373 e. The van der Waals surface area contributed by atoms with Crippen molar-refractivity contribution in [2.24, 2.45) is 0 Å². The van der Waals surface area contributed by atoms with E-state index >= 15 is 0 Å². The van der Waals surface area contributed by atoms with Crippen LogP contribution in [-0.2, 0) is 4.74 Å². The number of nitrogens with zero attached hydrogens (tertiary/aromatic N) is 2. The second-order valence-corrected chi connectivity index (χ2v) is 3.27. The average molecular weight is 206 g/mol. The Morgan fingerprint density at radius 3 is 2.67 bits per heavy atom. The van der Waals surface area contributed by atoms with Crippen LogP contribution < -0.4 is 0 Å². The van der Waals surface area contributed by atoms with E-state index in [1.165, 1.54) is 0 Å². The van der Waals surface area contributed by atoms with Crippen LogP contribution in [0.15, 0.2) is 11.6 Å². The third kappa shape index (κ3) is 6.71. The van der Waals surface area contributed by atoms with Gasteiger partial charge in [0.2, 0.25) is 0 Å². The van der Waals surface area contributed by atoms with E-state index in [2.05, 4.69) is 12.1 Å². The van der Waals surface area contributed by atoms with Gasteiger partial charge < -0.3 is 4.74 Å². The van der Waals surface area contributed by atoms with E-state index in [1.807, 2.05) is 19.9 Å². The molecule has 0 rings (SSSR count). The van der Waals surface area contributed by atoms with Gasteiger partial charge in [-0.3, -0.25) is 0 Å². The molecule has 0 spiro atoms. The maximum atomic E-state index is 8.88. The standard InChI is InChI=1S/C12H18N2O/c1-3-15-11(2)12(10-14)8-6-4-5-7-9-13/h8,11H,3-7H2,1-2H3/b12-8-. The van der Waals surface area contributed by atoms with Crippen molar-refractivity contribution in [1.82, 2.24) is 0 Å². The van der Waals surface area contributed by atoms with Gasteiger partial charge in [-0.15, -0.1) is 0 Å². The second kappa shape index (κ2) is 9.24. The molecule has 0 saturated carbocycles. The quantitative estimate of drug-likeness (QED) is 0.475. The molecule has 0 fully saturated rings. The lowest BCUT2D eigenvalue weighted by Crippen LogP contribution is -2.10. The summed E-state index contributed by atoms with van der Waals surface area (Å²) in [6.45, 7) is 4.42. The average Bonchev–Trinajstić information content (AvgIpc) is 2.23. The van der Waals surface area contributed by atoms with E-state index in [0.29, 0.717) is 18.6 Å². The Labute approximate surface area is 92.0 Å². The zero-order chi connectivity index (χ0) is 11.5. The van der Waals surface area contributed by atoms with Crippen molar-refractivity contribution in [3.63, 3.8) is 0 Å². The molecule has 0 amide bonds. The fourth-order valence-corrected chi connectivity index (χ4v) is 1.25. The minimum atomic E-state index is -0.115. The van der Waals surface area contributed by atoms with Crippen molar-refractivity contribution >= 4 is 0 Å². The molecule has 0 aliphatic carbocycles. The van der Waals surface area contributed by atoms with Gasteiger partial charge in [0.05, 0.1) is 23.8 Å². The first-order valence-corrected chi connectivity index (χ1v) is 5.35. The number of allylic oxidation sites excluding steroid dienone is 1. The number of nitriles is 2. The van der Waals surface area contributed by atoms with Crippen LogP contribution in [0, 0.1) is 22.7 Å². The summed E-state index contributed by atoms with van der Waals surface area (Å²) in [6, 6.07) is 4.25. The normalized spacial score (nSPS) is 12.9. The Balaban J connectivity index is 3.91. The van der Waals surface area contributed by atoms with E-state index in [0.717, 1.165) is 19.3 Å². The number of ether oxygens (including phenoxy) is 1.